The van der Waals surface area contributed by atoms with Crippen LogP contribution in [0.15, 0.2) is 54.6 Å². The summed E-state index contributed by atoms with van der Waals surface area (Å²) in [6, 6.07) is 19.9. The third kappa shape index (κ3) is 5.31. The molecule has 1 aliphatic rings. The highest BCUT2D eigenvalue weighted by Crippen LogP contribution is 2.47. The maximum atomic E-state index is 6.40. The monoisotopic (exact) mass is 391 g/mol. The summed E-state index contributed by atoms with van der Waals surface area (Å²) >= 11 is 0. The minimum absolute atomic E-state index is 0.232. The third-order valence-corrected chi connectivity index (χ3v) is 6.81. The Kier molecular flexibility index (Phi) is 7.57. The van der Waals surface area contributed by atoms with E-state index in [0.717, 1.165) is 6.42 Å². The van der Waals surface area contributed by atoms with Gasteiger partial charge in [0.15, 0.2) is 0 Å². The van der Waals surface area contributed by atoms with Crippen LogP contribution >= 0.6 is 0 Å². The number of fused-ring (bicyclic) bond motifs is 1. The second-order valence-electron chi connectivity index (χ2n) is 9.46. The largest absolute Gasteiger partial charge is 0.375 e. The first-order valence-corrected chi connectivity index (χ1v) is 11.6. The van der Waals surface area contributed by atoms with Gasteiger partial charge in [0.2, 0.25) is 0 Å². The molecule has 1 radical (unpaired) electrons. The van der Waals surface area contributed by atoms with E-state index < -0.39 is 0 Å². The predicted molar refractivity (Wildman–Crippen MR) is 124 cm³/mol. The van der Waals surface area contributed by atoms with Crippen LogP contribution in [0.2, 0.25) is 0 Å². The molecule has 0 saturated carbocycles. The summed E-state index contributed by atoms with van der Waals surface area (Å²) in [4.78, 5) is 0. The van der Waals surface area contributed by atoms with Gasteiger partial charge in [0.25, 0.3) is 0 Å². The molecule has 0 heterocycles. The van der Waals surface area contributed by atoms with E-state index in [1.807, 2.05) is 0 Å². The second kappa shape index (κ2) is 9.94. The average molecular weight is 392 g/mol. The lowest BCUT2D eigenvalue weighted by atomic mass is 9.66. The first kappa shape index (κ1) is 22.1. The van der Waals surface area contributed by atoms with Crippen LogP contribution in [0.1, 0.15) is 82.9 Å². The number of rotatable bonds is 10. The van der Waals surface area contributed by atoms with Crippen LogP contribution in [0.25, 0.3) is 0 Å². The van der Waals surface area contributed by atoms with Crippen LogP contribution in [0, 0.1) is 17.8 Å². The Morgan fingerprint density at radius 2 is 1.66 bits per heavy atom. The molecule has 0 fully saturated rings. The van der Waals surface area contributed by atoms with Crippen molar-refractivity contribution in [2.24, 2.45) is 11.3 Å². The summed E-state index contributed by atoms with van der Waals surface area (Å²) in [6.07, 6.45) is 9.08. The van der Waals surface area contributed by atoms with Crippen LogP contribution in [-0.4, -0.2) is 12.2 Å². The summed E-state index contributed by atoms with van der Waals surface area (Å²) in [5, 5.41) is 0. The van der Waals surface area contributed by atoms with Crippen LogP contribution in [0.5, 0.6) is 0 Å². The zero-order valence-corrected chi connectivity index (χ0v) is 19.0. The van der Waals surface area contributed by atoms with Crippen LogP contribution in [0.3, 0.4) is 0 Å². The van der Waals surface area contributed by atoms with Gasteiger partial charge >= 0.3 is 0 Å². The molecule has 0 saturated heterocycles. The van der Waals surface area contributed by atoms with E-state index in [2.05, 4.69) is 95.6 Å². The summed E-state index contributed by atoms with van der Waals surface area (Å²) in [5.74, 6) is 1.12. The van der Waals surface area contributed by atoms with Gasteiger partial charge in [-0.25, -0.2) is 0 Å². The fourth-order valence-corrected chi connectivity index (χ4v) is 5.26. The molecule has 1 heteroatoms. The van der Waals surface area contributed by atoms with Crippen molar-refractivity contribution in [3.63, 3.8) is 0 Å². The van der Waals surface area contributed by atoms with Crippen LogP contribution in [0.4, 0.5) is 0 Å². The number of hydrogen-bond acceptors (Lipinski definition) is 1. The van der Waals surface area contributed by atoms with Gasteiger partial charge in [-0.1, -0.05) is 81.8 Å². The number of ether oxygens (including phenoxy) is 1. The molecule has 1 nitrogen and oxygen atoms in total. The van der Waals surface area contributed by atoms with Crippen LogP contribution in [-0.2, 0) is 11.2 Å². The molecule has 3 unspecified atom stereocenters. The van der Waals surface area contributed by atoms with Crippen molar-refractivity contribution in [3.05, 3.63) is 77.7 Å². The van der Waals surface area contributed by atoms with E-state index in [1.165, 1.54) is 42.4 Å². The highest BCUT2D eigenvalue weighted by Gasteiger charge is 2.38. The SMILES string of the molecule is CCCC([CH]c1ccccc1)(CCC1c2ccccc2CC1OC(C)C)C(C)C. The number of benzene rings is 2. The Morgan fingerprint density at radius 3 is 2.31 bits per heavy atom. The van der Waals surface area contributed by atoms with Gasteiger partial charge in [-0.2, -0.15) is 0 Å². The molecule has 1 aliphatic carbocycles. The molecular weight excluding hydrogens is 352 g/mol. The zero-order chi connectivity index (χ0) is 20.9. The molecule has 3 atom stereocenters. The van der Waals surface area contributed by atoms with Gasteiger partial charge in [0.1, 0.15) is 0 Å². The lowest BCUT2D eigenvalue weighted by Crippen LogP contribution is -2.31. The molecular formula is C28H39O. The van der Waals surface area contributed by atoms with Crippen molar-refractivity contribution >= 4 is 0 Å². The molecule has 0 spiro atoms. The Balaban J connectivity index is 1.83. The highest BCUT2D eigenvalue weighted by atomic mass is 16.5. The molecule has 0 amide bonds. The number of hydrogen-bond donors (Lipinski definition) is 0. The van der Waals surface area contributed by atoms with Gasteiger partial charge in [0, 0.05) is 5.92 Å². The van der Waals surface area contributed by atoms with Gasteiger partial charge in [-0.3, -0.25) is 0 Å². The van der Waals surface area contributed by atoms with E-state index >= 15 is 0 Å². The lowest BCUT2D eigenvalue weighted by molar-refractivity contribution is -0.00495. The normalized spacial score (nSPS) is 20.8. The quantitative estimate of drug-likeness (QED) is 0.405. The fraction of sp³-hybridized carbons (Fsp3) is 0.536. The Bertz CT molecular complexity index is 748. The average Bonchev–Trinajstić information content (AvgIpc) is 3.03. The van der Waals surface area contributed by atoms with E-state index in [0.29, 0.717) is 17.9 Å². The van der Waals surface area contributed by atoms with Gasteiger partial charge in [0.05, 0.1) is 12.2 Å². The van der Waals surface area contributed by atoms with E-state index in [1.54, 1.807) is 0 Å². The summed E-state index contributed by atoms with van der Waals surface area (Å²) in [6.45, 7) is 11.5. The molecule has 0 aromatic heterocycles. The Hall–Kier alpha value is -1.60. The van der Waals surface area contributed by atoms with Gasteiger partial charge < -0.3 is 4.74 Å². The van der Waals surface area contributed by atoms with Crippen LogP contribution < -0.4 is 0 Å². The first-order chi connectivity index (χ1) is 13.9. The summed E-state index contributed by atoms with van der Waals surface area (Å²) < 4.78 is 6.40. The first-order valence-electron chi connectivity index (χ1n) is 11.6. The smallest absolute Gasteiger partial charge is 0.0687 e. The molecule has 0 bridgehead atoms. The van der Waals surface area contributed by atoms with E-state index in [-0.39, 0.29) is 11.5 Å². The van der Waals surface area contributed by atoms with Crippen molar-refractivity contribution in [1.82, 2.24) is 0 Å². The molecule has 157 valence electrons. The maximum Gasteiger partial charge on any atom is 0.0687 e. The maximum absolute atomic E-state index is 6.40. The highest BCUT2D eigenvalue weighted by molar-refractivity contribution is 5.37. The second-order valence-corrected chi connectivity index (χ2v) is 9.46. The molecule has 2 aromatic rings. The molecule has 2 aromatic carbocycles. The van der Waals surface area contributed by atoms with E-state index in [9.17, 15) is 0 Å². The van der Waals surface area contributed by atoms with Crippen molar-refractivity contribution in [1.29, 1.82) is 0 Å². The Morgan fingerprint density at radius 1 is 0.966 bits per heavy atom. The van der Waals surface area contributed by atoms with E-state index in [4.69, 9.17) is 4.74 Å². The summed E-state index contributed by atoms with van der Waals surface area (Å²) in [7, 11) is 0. The molecule has 3 rings (SSSR count). The van der Waals surface area contributed by atoms with Crippen molar-refractivity contribution in [2.75, 3.05) is 0 Å². The van der Waals surface area contributed by atoms with Crippen molar-refractivity contribution in [2.45, 2.75) is 84.8 Å². The predicted octanol–water partition coefficient (Wildman–Crippen LogP) is 7.60. The Labute approximate surface area is 178 Å². The van der Waals surface area contributed by atoms with Gasteiger partial charge in [-0.15, -0.1) is 0 Å². The lowest BCUT2D eigenvalue weighted by Gasteiger charge is -2.39. The standard InChI is InChI=1S/C28H39O/c1-6-17-28(21(2)3,20-23-12-8-7-9-13-23)18-16-26-25-15-11-10-14-24(25)19-27(26)29-22(4)5/h7-15,20-22,26-27H,6,16-19H2,1-5H3. The molecule has 0 N–H and O–H groups in total. The zero-order valence-electron chi connectivity index (χ0n) is 19.0. The fourth-order valence-electron chi connectivity index (χ4n) is 5.26. The molecule has 0 aliphatic heterocycles. The topological polar surface area (TPSA) is 9.23 Å². The van der Waals surface area contributed by atoms with Crippen molar-refractivity contribution < 1.29 is 4.74 Å². The minimum Gasteiger partial charge on any atom is -0.375 e. The summed E-state index contributed by atoms with van der Waals surface area (Å²) in [5.41, 5.74) is 4.60. The van der Waals surface area contributed by atoms with Gasteiger partial charge in [-0.05, 0) is 74.0 Å². The minimum atomic E-state index is 0.232. The molecule has 29 heavy (non-hydrogen) atoms. The third-order valence-electron chi connectivity index (χ3n) is 6.81. The van der Waals surface area contributed by atoms with Crippen molar-refractivity contribution in [3.8, 4) is 0 Å².